The first-order valence-electron chi connectivity index (χ1n) is 5.24. The highest BCUT2D eigenvalue weighted by molar-refractivity contribution is 5.33. The van der Waals surface area contributed by atoms with Crippen LogP contribution >= 0.6 is 0 Å². The van der Waals surface area contributed by atoms with Crippen molar-refractivity contribution in [3.05, 3.63) is 29.6 Å². The Morgan fingerprint density at radius 3 is 2.44 bits per heavy atom. The van der Waals surface area contributed by atoms with Crippen molar-refractivity contribution in [2.75, 3.05) is 0 Å². The number of rotatable bonds is 1. The third kappa shape index (κ3) is 1.91. The van der Waals surface area contributed by atoms with E-state index in [1.165, 1.54) is 6.20 Å². The summed E-state index contributed by atoms with van der Waals surface area (Å²) in [6, 6.07) is 1.00. The van der Waals surface area contributed by atoms with Crippen LogP contribution in [0.2, 0.25) is 0 Å². The first-order valence-corrected chi connectivity index (χ1v) is 5.24. The number of nitrogens with two attached hydrogens (primary N) is 1. The van der Waals surface area contributed by atoms with Crippen molar-refractivity contribution in [2.24, 2.45) is 5.73 Å². The third-order valence-corrected chi connectivity index (χ3v) is 3.16. The summed E-state index contributed by atoms with van der Waals surface area (Å²) in [5, 5.41) is 0. The number of hydrogen-bond donors (Lipinski definition) is 1. The van der Waals surface area contributed by atoms with Gasteiger partial charge in [-0.3, -0.25) is 4.98 Å². The van der Waals surface area contributed by atoms with Crippen LogP contribution in [-0.2, 0) is 11.7 Å². The fraction of sp³-hybridized carbons (Fsp3) is 0.545. The van der Waals surface area contributed by atoms with Crippen molar-refractivity contribution >= 4 is 0 Å². The average molecular weight is 230 g/mol. The van der Waals surface area contributed by atoms with Crippen LogP contribution in [0.3, 0.4) is 0 Å². The highest BCUT2D eigenvalue weighted by Crippen LogP contribution is 2.42. The lowest BCUT2D eigenvalue weighted by Crippen LogP contribution is -2.35. The molecule has 1 aromatic rings. The molecule has 88 valence electrons. The van der Waals surface area contributed by atoms with E-state index < -0.39 is 17.3 Å². The van der Waals surface area contributed by atoms with Crippen LogP contribution in [0.25, 0.3) is 0 Å². The molecule has 2 N–H and O–H groups in total. The molecule has 5 heteroatoms. The van der Waals surface area contributed by atoms with E-state index in [1.54, 1.807) is 0 Å². The predicted octanol–water partition coefficient (Wildman–Crippen LogP) is 2.83. The zero-order valence-electron chi connectivity index (χ0n) is 8.72. The second-order valence-corrected chi connectivity index (χ2v) is 4.28. The van der Waals surface area contributed by atoms with E-state index in [4.69, 9.17) is 5.73 Å². The maximum atomic E-state index is 12.8. The summed E-state index contributed by atoms with van der Waals surface area (Å²) in [4.78, 5) is 3.77. The molecule has 2 rings (SSSR count). The lowest BCUT2D eigenvalue weighted by atomic mass is 9.87. The molecular formula is C11H13F3N2. The highest BCUT2D eigenvalue weighted by atomic mass is 19.4. The van der Waals surface area contributed by atoms with Crippen LogP contribution in [0.1, 0.15) is 36.8 Å². The molecule has 0 spiro atoms. The van der Waals surface area contributed by atoms with E-state index in [9.17, 15) is 13.2 Å². The first-order chi connectivity index (χ1) is 7.43. The largest absolute Gasteiger partial charge is 0.416 e. The normalized spacial score (nSPS) is 20.0. The Bertz CT molecular complexity index is 381. The van der Waals surface area contributed by atoms with E-state index in [2.05, 4.69) is 4.98 Å². The fourth-order valence-electron chi connectivity index (χ4n) is 2.31. The summed E-state index contributed by atoms with van der Waals surface area (Å²) in [7, 11) is 0. The molecule has 0 unspecified atom stereocenters. The van der Waals surface area contributed by atoms with Gasteiger partial charge in [-0.2, -0.15) is 13.2 Å². The summed E-state index contributed by atoms with van der Waals surface area (Å²) in [6.45, 7) is 0. The Morgan fingerprint density at radius 2 is 1.88 bits per heavy atom. The van der Waals surface area contributed by atoms with E-state index >= 15 is 0 Å². The second-order valence-electron chi connectivity index (χ2n) is 4.28. The molecule has 1 aromatic heterocycles. The summed E-state index contributed by atoms with van der Waals surface area (Å²) in [5.41, 5.74) is 4.68. The van der Waals surface area contributed by atoms with Crippen LogP contribution in [0.15, 0.2) is 18.5 Å². The maximum absolute atomic E-state index is 12.8. The number of halogens is 3. The molecule has 1 fully saturated rings. The zero-order valence-corrected chi connectivity index (χ0v) is 8.72. The fourth-order valence-corrected chi connectivity index (χ4v) is 2.31. The van der Waals surface area contributed by atoms with Gasteiger partial charge in [0.25, 0.3) is 0 Å². The Labute approximate surface area is 91.7 Å². The van der Waals surface area contributed by atoms with Crippen molar-refractivity contribution in [1.82, 2.24) is 4.98 Å². The van der Waals surface area contributed by atoms with Gasteiger partial charge in [0.1, 0.15) is 0 Å². The Balaban J connectivity index is 2.48. The molecule has 1 aliphatic carbocycles. The van der Waals surface area contributed by atoms with E-state index in [0.717, 1.165) is 25.1 Å². The standard InChI is InChI=1S/C11H13F3N2/c12-11(13,14)8-3-6-16-7-9(8)10(15)4-1-2-5-10/h3,6-7H,1-2,4-5,15H2. The monoisotopic (exact) mass is 230 g/mol. The van der Waals surface area contributed by atoms with Crippen LogP contribution in [-0.4, -0.2) is 4.98 Å². The summed E-state index contributed by atoms with van der Waals surface area (Å²) in [5.74, 6) is 0. The first kappa shape index (κ1) is 11.4. The topological polar surface area (TPSA) is 38.9 Å². The van der Waals surface area contributed by atoms with Crippen LogP contribution in [0.4, 0.5) is 13.2 Å². The molecule has 1 saturated carbocycles. The third-order valence-electron chi connectivity index (χ3n) is 3.16. The molecule has 0 bridgehead atoms. The van der Waals surface area contributed by atoms with Crippen LogP contribution in [0.5, 0.6) is 0 Å². The lowest BCUT2D eigenvalue weighted by molar-refractivity contribution is -0.138. The van der Waals surface area contributed by atoms with Crippen molar-refractivity contribution in [2.45, 2.75) is 37.4 Å². The van der Waals surface area contributed by atoms with Crippen molar-refractivity contribution in [3.63, 3.8) is 0 Å². The van der Waals surface area contributed by atoms with Crippen molar-refractivity contribution < 1.29 is 13.2 Å². The number of aromatic nitrogens is 1. The smallest absolute Gasteiger partial charge is 0.321 e. The van der Waals surface area contributed by atoms with Gasteiger partial charge in [0.2, 0.25) is 0 Å². The number of alkyl halides is 3. The summed E-state index contributed by atoms with van der Waals surface area (Å²) < 4.78 is 38.4. The highest BCUT2D eigenvalue weighted by Gasteiger charge is 2.41. The number of hydrogen-bond acceptors (Lipinski definition) is 2. The predicted molar refractivity (Wildman–Crippen MR) is 53.6 cm³/mol. The number of nitrogens with zero attached hydrogens (tertiary/aromatic N) is 1. The van der Waals surface area contributed by atoms with Gasteiger partial charge in [-0.1, -0.05) is 12.8 Å². The average Bonchev–Trinajstić information content (AvgIpc) is 2.65. The maximum Gasteiger partial charge on any atom is 0.416 e. The molecule has 0 aliphatic heterocycles. The van der Waals surface area contributed by atoms with Crippen LogP contribution < -0.4 is 5.73 Å². The van der Waals surface area contributed by atoms with Gasteiger partial charge < -0.3 is 5.73 Å². The van der Waals surface area contributed by atoms with E-state index in [0.29, 0.717) is 12.8 Å². The molecule has 0 radical (unpaired) electrons. The van der Waals surface area contributed by atoms with Gasteiger partial charge in [0.05, 0.1) is 5.56 Å². The van der Waals surface area contributed by atoms with Crippen molar-refractivity contribution in [3.8, 4) is 0 Å². The van der Waals surface area contributed by atoms with Gasteiger partial charge in [-0.25, -0.2) is 0 Å². The zero-order chi connectivity index (χ0) is 11.8. The Morgan fingerprint density at radius 1 is 1.25 bits per heavy atom. The van der Waals surface area contributed by atoms with Crippen LogP contribution in [0, 0.1) is 0 Å². The summed E-state index contributed by atoms with van der Waals surface area (Å²) in [6.07, 6.45) is 1.01. The number of pyridine rings is 1. The van der Waals surface area contributed by atoms with E-state index in [-0.39, 0.29) is 5.56 Å². The molecule has 2 nitrogen and oxygen atoms in total. The Kier molecular flexibility index (Phi) is 2.66. The molecular weight excluding hydrogens is 217 g/mol. The molecule has 1 aliphatic rings. The molecule has 0 saturated heterocycles. The SMILES string of the molecule is NC1(c2cnccc2C(F)(F)F)CCCC1. The lowest BCUT2D eigenvalue weighted by Gasteiger charge is -2.27. The minimum absolute atomic E-state index is 0.139. The van der Waals surface area contributed by atoms with Gasteiger partial charge in [0.15, 0.2) is 0 Å². The quantitative estimate of drug-likeness (QED) is 0.805. The molecule has 0 atom stereocenters. The minimum atomic E-state index is -4.35. The van der Waals surface area contributed by atoms with Gasteiger partial charge in [-0.05, 0) is 18.9 Å². The Hall–Kier alpha value is -1.10. The van der Waals surface area contributed by atoms with Gasteiger partial charge in [0, 0.05) is 23.5 Å². The molecule has 0 aromatic carbocycles. The minimum Gasteiger partial charge on any atom is -0.321 e. The van der Waals surface area contributed by atoms with Gasteiger partial charge in [-0.15, -0.1) is 0 Å². The van der Waals surface area contributed by atoms with Gasteiger partial charge >= 0.3 is 6.18 Å². The molecule has 0 amide bonds. The van der Waals surface area contributed by atoms with E-state index in [1.807, 2.05) is 0 Å². The summed E-state index contributed by atoms with van der Waals surface area (Å²) >= 11 is 0. The second kappa shape index (κ2) is 3.73. The molecule has 16 heavy (non-hydrogen) atoms. The van der Waals surface area contributed by atoms with Crippen molar-refractivity contribution in [1.29, 1.82) is 0 Å². The molecule has 1 heterocycles.